The van der Waals surface area contributed by atoms with E-state index < -0.39 is 0 Å². The van der Waals surface area contributed by atoms with Crippen LogP contribution in [0.1, 0.15) is 31.2 Å². The van der Waals surface area contributed by atoms with Gasteiger partial charge in [-0.3, -0.25) is 0 Å². The van der Waals surface area contributed by atoms with Gasteiger partial charge in [0.2, 0.25) is 5.89 Å². The Kier molecular flexibility index (Phi) is 10.3. The topological polar surface area (TPSA) is 57.5 Å². The van der Waals surface area contributed by atoms with E-state index in [1.165, 1.54) is 39.0 Å². The normalized spacial score (nSPS) is 18.6. The fourth-order valence-corrected chi connectivity index (χ4v) is 5.66. The Morgan fingerprint density at radius 2 is 1.43 bits per heavy atom. The molecule has 0 atom stereocenters. The van der Waals surface area contributed by atoms with Gasteiger partial charge in [0.1, 0.15) is 17.0 Å². The average Bonchev–Trinajstić information content (AvgIpc) is 3.11. The van der Waals surface area contributed by atoms with E-state index in [9.17, 15) is 0 Å². The summed E-state index contributed by atoms with van der Waals surface area (Å²) in [6.45, 7) is 15.1. The molecule has 3 heterocycles. The van der Waals surface area contributed by atoms with Crippen LogP contribution in [-0.2, 0) is 0 Å². The van der Waals surface area contributed by atoms with Crippen molar-refractivity contribution >= 4 is 11.1 Å². The molecule has 8 nitrogen and oxygen atoms in total. The molecule has 0 aliphatic carbocycles. The predicted molar refractivity (Wildman–Crippen MR) is 162 cm³/mol. The summed E-state index contributed by atoms with van der Waals surface area (Å²) in [6, 6.07) is 12.1. The summed E-state index contributed by atoms with van der Waals surface area (Å²) in [6.07, 6.45) is 4.55. The van der Waals surface area contributed by atoms with Crippen molar-refractivity contribution in [3.63, 3.8) is 0 Å². The van der Waals surface area contributed by atoms with Crippen LogP contribution in [-0.4, -0.2) is 117 Å². The highest BCUT2D eigenvalue weighted by Crippen LogP contribution is 2.30. The molecule has 2 aliphatic heterocycles. The van der Waals surface area contributed by atoms with Crippen LogP contribution >= 0.6 is 0 Å². The number of aryl methyl sites for hydroxylation is 1. The minimum atomic E-state index is 0.624. The monoisotopic (exact) mass is 549 g/mol. The Balaban J connectivity index is 1.09. The first-order chi connectivity index (χ1) is 19.5. The number of aromatic nitrogens is 1. The second-order valence-corrected chi connectivity index (χ2v) is 11.5. The molecule has 0 saturated carbocycles. The van der Waals surface area contributed by atoms with E-state index in [0.29, 0.717) is 12.5 Å². The predicted octanol–water partition coefficient (Wildman–Crippen LogP) is 4.62. The fraction of sp³-hybridized carbons (Fsp3) is 0.594. The van der Waals surface area contributed by atoms with Crippen LogP contribution in [0.25, 0.3) is 22.6 Å². The van der Waals surface area contributed by atoms with Crippen molar-refractivity contribution in [1.82, 2.24) is 24.6 Å². The Hall–Kier alpha value is -2.65. The quantitative estimate of drug-likeness (QED) is 0.321. The van der Waals surface area contributed by atoms with Gasteiger partial charge in [-0.1, -0.05) is 0 Å². The molecule has 0 spiro atoms. The van der Waals surface area contributed by atoms with Gasteiger partial charge in [-0.15, -0.1) is 0 Å². The molecule has 40 heavy (non-hydrogen) atoms. The van der Waals surface area contributed by atoms with Gasteiger partial charge < -0.3 is 33.5 Å². The highest BCUT2D eigenvalue weighted by atomic mass is 16.5. The maximum Gasteiger partial charge on any atom is 0.227 e. The van der Waals surface area contributed by atoms with E-state index >= 15 is 0 Å². The van der Waals surface area contributed by atoms with Crippen LogP contribution in [0.5, 0.6) is 11.5 Å². The third-order valence-electron chi connectivity index (χ3n) is 8.17. The highest BCUT2D eigenvalue weighted by Gasteiger charge is 2.14. The first-order valence-corrected chi connectivity index (χ1v) is 15.1. The van der Waals surface area contributed by atoms with Crippen LogP contribution in [0, 0.1) is 6.92 Å². The smallest absolute Gasteiger partial charge is 0.227 e. The summed E-state index contributed by atoms with van der Waals surface area (Å²) in [4.78, 5) is 14.7. The molecule has 0 unspecified atom stereocenters. The van der Waals surface area contributed by atoms with E-state index in [-0.39, 0.29) is 0 Å². The van der Waals surface area contributed by atoms with Crippen molar-refractivity contribution in [3.8, 4) is 23.0 Å². The standard InChI is InChI=1S/C32H47N5O3/c1-26-24-27(8-11-30(26)39-23-7-17-37-15-5-13-35(3)19-21-37)32-33-29-10-9-28(25-31(29)40-32)38-22-6-16-36-14-4-12-34(2)18-20-36/h8-11,24-25H,4-7,12-23H2,1-3H3. The van der Waals surface area contributed by atoms with Gasteiger partial charge in [0.05, 0.1) is 13.2 Å². The summed E-state index contributed by atoms with van der Waals surface area (Å²) in [5.74, 6) is 2.38. The summed E-state index contributed by atoms with van der Waals surface area (Å²) in [5.41, 5.74) is 3.64. The largest absolute Gasteiger partial charge is 0.493 e. The van der Waals surface area contributed by atoms with Crippen molar-refractivity contribution in [2.75, 3.05) is 92.8 Å². The molecule has 3 aromatic rings. The molecular weight excluding hydrogens is 502 g/mol. The molecule has 2 fully saturated rings. The van der Waals surface area contributed by atoms with Gasteiger partial charge in [0.25, 0.3) is 0 Å². The molecule has 0 radical (unpaired) electrons. The average molecular weight is 550 g/mol. The van der Waals surface area contributed by atoms with Gasteiger partial charge in [-0.2, -0.15) is 0 Å². The number of nitrogens with zero attached hydrogens (tertiary/aromatic N) is 5. The van der Waals surface area contributed by atoms with E-state index in [1.54, 1.807) is 0 Å². The number of ether oxygens (including phenoxy) is 2. The highest BCUT2D eigenvalue weighted by molar-refractivity contribution is 5.77. The minimum absolute atomic E-state index is 0.624. The van der Waals surface area contributed by atoms with Gasteiger partial charge >= 0.3 is 0 Å². The van der Waals surface area contributed by atoms with Crippen LogP contribution in [0.3, 0.4) is 0 Å². The number of benzene rings is 2. The first-order valence-electron chi connectivity index (χ1n) is 15.1. The molecule has 8 heteroatoms. The van der Waals surface area contributed by atoms with Crippen molar-refractivity contribution in [3.05, 3.63) is 42.0 Å². The molecule has 218 valence electrons. The zero-order chi connectivity index (χ0) is 27.7. The van der Waals surface area contributed by atoms with E-state index in [1.807, 2.05) is 30.3 Å². The molecular formula is C32H47N5O3. The Morgan fingerprint density at radius 1 is 0.750 bits per heavy atom. The second kappa shape index (κ2) is 14.3. The van der Waals surface area contributed by atoms with E-state index in [4.69, 9.17) is 18.9 Å². The summed E-state index contributed by atoms with van der Waals surface area (Å²) >= 11 is 0. The molecule has 2 saturated heterocycles. The SMILES string of the molecule is Cc1cc(-c2nc3ccc(OCCCN4CCCN(C)CC4)cc3o2)ccc1OCCCN1CCCN(C)CC1. The number of oxazole rings is 1. The minimum Gasteiger partial charge on any atom is -0.493 e. The third-order valence-corrected chi connectivity index (χ3v) is 8.17. The van der Waals surface area contributed by atoms with Crippen molar-refractivity contribution < 1.29 is 13.9 Å². The zero-order valence-corrected chi connectivity index (χ0v) is 24.7. The second-order valence-electron chi connectivity index (χ2n) is 11.5. The van der Waals surface area contributed by atoms with Gasteiger partial charge in [0.15, 0.2) is 5.58 Å². The van der Waals surface area contributed by atoms with Crippen LogP contribution in [0.15, 0.2) is 40.8 Å². The maximum atomic E-state index is 6.14. The molecule has 0 N–H and O–H groups in total. The van der Waals surface area contributed by atoms with Crippen LogP contribution in [0.4, 0.5) is 0 Å². The van der Waals surface area contributed by atoms with Gasteiger partial charge in [0, 0.05) is 50.9 Å². The zero-order valence-electron chi connectivity index (χ0n) is 24.7. The number of fused-ring (bicyclic) bond motifs is 1. The summed E-state index contributed by atoms with van der Waals surface area (Å²) < 4.78 is 18.3. The fourth-order valence-electron chi connectivity index (χ4n) is 5.66. The molecule has 2 aliphatic rings. The van der Waals surface area contributed by atoms with Crippen molar-refractivity contribution in [2.45, 2.75) is 32.6 Å². The molecule has 1 aromatic heterocycles. The van der Waals surface area contributed by atoms with Crippen molar-refractivity contribution in [1.29, 1.82) is 0 Å². The number of hydrogen-bond acceptors (Lipinski definition) is 8. The Morgan fingerprint density at radius 3 is 2.10 bits per heavy atom. The first kappa shape index (κ1) is 28.9. The maximum absolute atomic E-state index is 6.14. The lowest BCUT2D eigenvalue weighted by Gasteiger charge is -2.20. The third kappa shape index (κ3) is 8.19. The molecule has 0 amide bonds. The van der Waals surface area contributed by atoms with Crippen LogP contribution < -0.4 is 9.47 Å². The van der Waals surface area contributed by atoms with Gasteiger partial charge in [-0.25, -0.2) is 4.98 Å². The molecule has 5 rings (SSSR count). The summed E-state index contributed by atoms with van der Waals surface area (Å²) in [5, 5.41) is 0. The van der Waals surface area contributed by atoms with E-state index in [0.717, 1.165) is 92.4 Å². The molecule has 0 bridgehead atoms. The van der Waals surface area contributed by atoms with Crippen LogP contribution in [0.2, 0.25) is 0 Å². The summed E-state index contributed by atoms with van der Waals surface area (Å²) in [7, 11) is 4.42. The van der Waals surface area contributed by atoms with Crippen molar-refractivity contribution in [2.24, 2.45) is 0 Å². The number of rotatable bonds is 11. The number of hydrogen-bond donors (Lipinski definition) is 0. The lowest BCUT2D eigenvalue weighted by Crippen LogP contribution is -2.30. The lowest BCUT2D eigenvalue weighted by atomic mass is 10.1. The Bertz CT molecular complexity index is 1210. The number of likely N-dealkylation sites (N-methyl/N-ethyl adjacent to an activating group) is 2. The van der Waals surface area contributed by atoms with E-state index in [2.05, 4.69) is 46.7 Å². The lowest BCUT2D eigenvalue weighted by molar-refractivity contribution is 0.237. The van der Waals surface area contributed by atoms with Gasteiger partial charge in [-0.05, 0) is 109 Å². The Labute approximate surface area is 239 Å². The molecule has 2 aromatic carbocycles.